The van der Waals surface area contributed by atoms with Gasteiger partial charge in [-0.1, -0.05) is 43.7 Å². The van der Waals surface area contributed by atoms with Gasteiger partial charge >= 0.3 is 0 Å². The number of hydrogen-bond acceptors (Lipinski definition) is 4. The van der Waals surface area contributed by atoms with Crippen molar-refractivity contribution in [2.24, 2.45) is 17.3 Å². The van der Waals surface area contributed by atoms with Crippen LogP contribution in [0.3, 0.4) is 0 Å². The summed E-state index contributed by atoms with van der Waals surface area (Å²) in [4.78, 5) is 7.81. The first-order valence-electron chi connectivity index (χ1n) is 13.1. The van der Waals surface area contributed by atoms with E-state index in [1.54, 1.807) is 5.57 Å². The summed E-state index contributed by atoms with van der Waals surface area (Å²) in [5, 5.41) is 7.82. The molecule has 32 heavy (non-hydrogen) atoms. The lowest BCUT2D eigenvalue weighted by Gasteiger charge is -2.22. The molecule has 0 radical (unpaired) electrons. The van der Waals surface area contributed by atoms with E-state index in [-0.39, 0.29) is 0 Å². The van der Waals surface area contributed by atoms with Crippen molar-refractivity contribution in [2.75, 3.05) is 32.7 Å². The van der Waals surface area contributed by atoms with Crippen LogP contribution in [0.2, 0.25) is 0 Å². The molecule has 6 atom stereocenters. The summed E-state index contributed by atoms with van der Waals surface area (Å²) in [6.07, 6.45) is 14.4. The lowest BCUT2D eigenvalue weighted by molar-refractivity contribution is 0.329. The first-order chi connectivity index (χ1) is 15.5. The van der Waals surface area contributed by atoms with Gasteiger partial charge in [-0.3, -0.25) is 9.88 Å². The minimum absolute atomic E-state index is 0.323. The van der Waals surface area contributed by atoms with Crippen LogP contribution in [0.25, 0.3) is 0 Å². The molecule has 0 bridgehead atoms. The van der Waals surface area contributed by atoms with Gasteiger partial charge in [0.2, 0.25) is 0 Å². The van der Waals surface area contributed by atoms with Gasteiger partial charge in [-0.2, -0.15) is 0 Å². The van der Waals surface area contributed by atoms with E-state index in [1.165, 1.54) is 69.7 Å². The third kappa shape index (κ3) is 3.89. The van der Waals surface area contributed by atoms with Crippen molar-refractivity contribution in [1.82, 2.24) is 20.5 Å². The molecular formula is C28H40N4. The monoisotopic (exact) mass is 432 g/mol. The first kappa shape index (κ1) is 21.1. The highest BCUT2D eigenvalue weighted by Gasteiger charge is 2.61. The second kappa shape index (κ2) is 8.07. The smallest absolute Gasteiger partial charge is 0.0468 e. The van der Waals surface area contributed by atoms with Crippen molar-refractivity contribution in [1.29, 1.82) is 0 Å². The molecule has 2 N–H and O–H groups in total. The average Bonchev–Trinajstić information content (AvgIpc) is 3.47. The summed E-state index contributed by atoms with van der Waals surface area (Å²) in [6, 6.07) is 8.12. The maximum atomic E-state index is 5.14. The molecule has 3 heterocycles. The van der Waals surface area contributed by atoms with Gasteiger partial charge in [0.1, 0.15) is 0 Å². The van der Waals surface area contributed by atoms with Gasteiger partial charge in [-0.25, -0.2) is 0 Å². The van der Waals surface area contributed by atoms with Crippen molar-refractivity contribution in [3.63, 3.8) is 0 Å². The Morgan fingerprint density at radius 3 is 3.00 bits per heavy atom. The minimum Gasteiger partial charge on any atom is -0.316 e. The fraction of sp³-hybridized carbons (Fsp3) is 0.679. The Kier molecular flexibility index (Phi) is 5.32. The number of hydrogen-bond donors (Lipinski definition) is 2. The van der Waals surface area contributed by atoms with Crippen LogP contribution in [0.1, 0.15) is 57.3 Å². The maximum absolute atomic E-state index is 5.14. The van der Waals surface area contributed by atoms with E-state index < -0.39 is 0 Å². The molecule has 5 unspecified atom stereocenters. The topological polar surface area (TPSA) is 40.2 Å². The predicted octanol–water partition coefficient (Wildman–Crippen LogP) is 3.84. The SMILES string of the molecule is CC1CC1(C)c1cccc(CC2CNCC23CC3N[C@@H]2CCN(CC3=CC=CCC3)C2)n1. The minimum atomic E-state index is 0.323. The van der Waals surface area contributed by atoms with Crippen molar-refractivity contribution >= 4 is 0 Å². The third-order valence-electron chi connectivity index (χ3n) is 9.52. The molecule has 2 aliphatic heterocycles. The Morgan fingerprint density at radius 2 is 2.19 bits per heavy atom. The van der Waals surface area contributed by atoms with E-state index in [4.69, 9.17) is 4.98 Å². The summed E-state index contributed by atoms with van der Waals surface area (Å²) in [5.74, 6) is 1.49. The fourth-order valence-corrected chi connectivity index (χ4v) is 6.86. The number of allylic oxidation sites excluding steroid dienone is 3. The van der Waals surface area contributed by atoms with Crippen LogP contribution in [0.15, 0.2) is 42.0 Å². The van der Waals surface area contributed by atoms with Crippen LogP contribution in [-0.4, -0.2) is 54.7 Å². The number of nitrogens with one attached hydrogen (secondary N) is 2. The molecule has 172 valence electrons. The second-order valence-electron chi connectivity index (χ2n) is 11.7. The Morgan fingerprint density at radius 1 is 1.28 bits per heavy atom. The van der Waals surface area contributed by atoms with Gasteiger partial charge in [0.05, 0.1) is 0 Å². The highest BCUT2D eigenvalue weighted by atomic mass is 15.2. The van der Waals surface area contributed by atoms with E-state index in [2.05, 4.69) is 65.8 Å². The molecule has 5 aliphatic rings. The Balaban J connectivity index is 1.05. The lowest BCUT2D eigenvalue weighted by atomic mass is 9.87. The quantitative estimate of drug-likeness (QED) is 0.687. The van der Waals surface area contributed by atoms with E-state index in [0.29, 0.717) is 28.8 Å². The highest BCUT2D eigenvalue weighted by molar-refractivity contribution is 5.28. The van der Waals surface area contributed by atoms with Crippen LogP contribution in [0.4, 0.5) is 0 Å². The summed E-state index contributed by atoms with van der Waals surface area (Å²) in [7, 11) is 0. The maximum Gasteiger partial charge on any atom is 0.0468 e. The molecule has 2 saturated heterocycles. The second-order valence-corrected chi connectivity index (χ2v) is 11.7. The fourth-order valence-electron chi connectivity index (χ4n) is 6.86. The zero-order valence-corrected chi connectivity index (χ0v) is 19.9. The lowest BCUT2D eigenvalue weighted by Crippen LogP contribution is -2.38. The molecule has 4 heteroatoms. The molecule has 2 saturated carbocycles. The number of likely N-dealkylation sites (tertiary alicyclic amines) is 1. The van der Waals surface area contributed by atoms with Crippen LogP contribution >= 0.6 is 0 Å². The van der Waals surface area contributed by atoms with Crippen molar-refractivity contribution < 1.29 is 0 Å². The van der Waals surface area contributed by atoms with Crippen molar-refractivity contribution in [2.45, 2.75) is 69.9 Å². The van der Waals surface area contributed by atoms with Gasteiger partial charge in [0.15, 0.2) is 0 Å². The van der Waals surface area contributed by atoms with E-state index in [9.17, 15) is 0 Å². The van der Waals surface area contributed by atoms with E-state index in [1.807, 2.05) is 0 Å². The zero-order valence-electron chi connectivity index (χ0n) is 19.9. The number of rotatable bonds is 7. The molecule has 1 aromatic rings. The number of aromatic nitrogens is 1. The first-order valence-corrected chi connectivity index (χ1v) is 13.1. The number of pyridine rings is 1. The van der Waals surface area contributed by atoms with Crippen LogP contribution in [0, 0.1) is 17.3 Å². The average molecular weight is 433 g/mol. The summed E-state index contributed by atoms with van der Waals surface area (Å²) >= 11 is 0. The van der Waals surface area contributed by atoms with E-state index >= 15 is 0 Å². The van der Waals surface area contributed by atoms with Crippen molar-refractivity contribution in [3.8, 4) is 0 Å². The van der Waals surface area contributed by atoms with Gasteiger partial charge in [-0.05, 0) is 69.0 Å². The predicted molar refractivity (Wildman–Crippen MR) is 131 cm³/mol. The molecule has 1 aromatic heterocycles. The Bertz CT molecular complexity index is 922. The molecule has 3 aliphatic carbocycles. The standard InChI is InChI=1S/C28H40N4/c1-20-14-27(20,2)25-10-6-9-23(30-25)13-22-16-29-19-28(22)15-26(28)31-24-11-12-32(18-24)17-21-7-4-3-5-8-21/h3-4,6-7,9-10,20,22,24,26,29,31H,5,8,11-19H2,1-2H3/t20?,22?,24-,26?,27?,28?/m1/s1. The Hall–Kier alpha value is -1.49. The van der Waals surface area contributed by atoms with E-state index in [0.717, 1.165) is 18.9 Å². The van der Waals surface area contributed by atoms with Crippen molar-refractivity contribution in [3.05, 3.63) is 53.4 Å². The van der Waals surface area contributed by atoms with Gasteiger partial charge < -0.3 is 10.6 Å². The molecular weight excluding hydrogens is 392 g/mol. The largest absolute Gasteiger partial charge is 0.316 e. The molecule has 1 spiro atoms. The zero-order chi connectivity index (χ0) is 21.8. The molecule has 4 fully saturated rings. The Labute approximate surface area is 193 Å². The molecule has 6 rings (SSSR count). The van der Waals surface area contributed by atoms with Gasteiger partial charge in [-0.15, -0.1) is 0 Å². The molecule has 4 nitrogen and oxygen atoms in total. The summed E-state index contributed by atoms with van der Waals surface area (Å²) in [5.41, 5.74) is 5.02. The van der Waals surface area contributed by atoms with Crippen LogP contribution in [-0.2, 0) is 11.8 Å². The molecule has 0 aromatic carbocycles. The summed E-state index contributed by atoms with van der Waals surface area (Å²) < 4.78 is 0. The van der Waals surface area contributed by atoms with Gasteiger partial charge in [0.25, 0.3) is 0 Å². The van der Waals surface area contributed by atoms with Crippen LogP contribution < -0.4 is 10.6 Å². The normalized spacial score (nSPS) is 40.8. The number of nitrogens with zero attached hydrogens (tertiary/aromatic N) is 2. The highest BCUT2D eigenvalue weighted by Crippen LogP contribution is 2.56. The summed E-state index contributed by atoms with van der Waals surface area (Å²) in [6.45, 7) is 10.7. The van der Waals surface area contributed by atoms with Crippen LogP contribution in [0.5, 0.6) is 0 Å². The third-order valence-corrected chi connectivity index (χ3v) is 9.52. The molecule has 0 amide bonds. The van der Waals surface area contributed by atoms with Gasteiger partial charge in [0, 0.05) is 60.5 Å².